The molecule has 0 unspecified atom stereocenters. The van der Waals surface area contributed by atoms with Crippen LogP contribution in [-0.2, 0) is 4.74 Å². The van der Waals surface area contributed by atoms with E-state index in [1.165, 1.54) is 6.42 Å². The van der Waals surface area contributed by atoms with Crippen molar-refractivity contribution in [2.24, 2.45) is 0 Å². The first-order valence-electron chi connectivity index (χ1n) is 5.29. The van der Waals surface area contributed by atoms with Crippen LogP contribution >= 0.6 is 11.6 Å². The molecule has 14 heavy (non-hydrogen) atoms. The van der Waals surface area contributed by atoms with Crippen molar-refractivity contribution in [2.75, 3.05) is 19.0 Å². The van der Waals surface area contributed by atoms with Gasteiger partial charge in [-0.2, -0.15) is 0 Å². The van der Waals surface area contributed by atoms with Crippen molar-refractivity contribution in [3.63, 3.8) is 0 Å². The lowest BCUT2D eigenvalue weighted by molar-refractivity contribution is 0.0760. The molecule has 1 heterocycles. The molecule has 0 aromatic heterocycles. The van der Waals surface area contributed by atoms with Gasteiger partial charge in [-0.05, 0) is 32.6 Å². The van der Waals surface area contributed by atoms with Gasteiger partial charge < -0.3 is 9.64 Å². The first kappa shape index (κ1) is 11.6. The number of piperidine rings is 1. The summed E-state index contributed by atoms with van der Waals surface area (Å²) < 4.78 is 5.00. The lowest BCUT2D eigenvalue weighted by Crippen LogP contribution is -2.44. The van der Waals surface area contributed by atoms with E-state index in [1.54, 1.807) is 0 Å². The molecule has 1 saturated heterocycles. The highest BCUT2D eigenvalue weighted by molar-refractivity contribution is 6.17. The monoisotopic (exact) mass is 219 g/mol. The maximum Gasteiger partial charge on any atom is 0.409 e. The van der Waals surface area contributed by atoms with Gasteiger partial charge >= 0.3 is 6.09 Å². The van der Waals surface area contributed by atoms with Crippen molar-refractivity contribution in [1.82, 2.24) is 4.90 Å². The minimum Gasteiger partial charge on any atom is -0.450 e. The van der Waals surface area contributed by atoms with Gasteiger partial charge in [0.1, 0.15) is 0 Å². The third-order valence-corrected chi connectivity index (χ3v) is 2.79. The third kappa shape index (κ3) is 3.05. The number of hydrogen-bond donors (Lipinski definition) is 0. The molecule has 0 bridgehead atoms. The number of alkyl halides is 1. The molecule has 0 aliphatic carbocycles. The fraction of sp³-hybridized carbons (Fsp3) is 0.900. The first-order valence-corrected chi connectivity index (χ1v) is 5.82. The van der Waals surface area contributed by atoms with Gasteiger partial charge in [0.25, 0.3) is 0 Å². The predicted molar refractivity (Wildman–Crippen MR) is 56.7 cm³/mol. The quantitative estimate of drug-likeness (QED) is 0.683. The zero-order valence-electron chi connectivity index (χ0n) is 8.67. The SMILES string of the molecule is CCOC(=O)N1CCCC[C@H]1CCCl. The van der Waals surface area contributed by atoms with E-state index >= 15 is 0 Å². The first-order chi connectivity index (χ1) is 6.79. The molecule has 0 radical (unpaired) electrons. The van der Waals surface area contributed by atoms with Gasteiger partial charge in [-0.3, -0.25) is 0 Å². The highest BCUT2D eigenvalue weighted by Gasteiger charge is 2.26. The number of amides is 1. The summed E-state index contributed by atoms with van der Waals surface area (Å²) in [5, 5.41) is 0. The Morgan fingerprint density at radius 1 is 1.57 bits per heavy atom. The van der Waals surface area contributed by atoms with Crippen LogP contribution in [0.3, 0.4) is 0 Å². The maximum atomic E-state index is 11.5. The maximum absolute atomic E-state index is 11.5. The highest BCUT2D eigenvalue weighted by atomic mass is 35.5. The second kappa shape index (κ2) is 6.12. The summed E-state index contributed by atoms with van der Waals surface area (Å²) in [6, 6.07) is 0.292. The molecule has 0 aromatic carbocycles. The van der Waals surface area contributed by atoms with Crippen LogP contribution < -0.4 is 0 Å². The summed E-state index contributed by atoms with van der Waals surface area (Å²) in [5.74, 6) is 0.612. The molecule has 3 nitrogen and oxygen atoms in total. The highest BCUT2D eigenvalue weighted by Crippen LogP contribution is 2.20. The van der Waals surface area contributed by atoms with E-state index in [0.29, 0.717) is 18.5 Å². The molecule has 0 N–H and O–H groups in total. The molecule has 1 fully saturated rings. The minimum absolute atomic E-state index is 0.178. The molecule has 1 aliphatic rings. The van der Waals surface area contributed by atoms with E-state index in [4.69, 9.17) is 16.3 Å². The zero-order chi connectivity index (χ0) is 10.4. The van der Waals surface area contributed by atoms with Crippen molar-refractivity contribution in [1.29, 1.82) is 0 Å². The normalized spacial score (nSPS) is 22.1. The Hall–Kier alpha value is -0.440. The summed E-state index contributed by atoms with van der Waals surface area (Å²) in [6.45, 7) is 3.10. The van der Waals surface area contributed by atoms with E-state index in [2.05, 4.69) is 0 Å². The number of rotatable bonds is 3. The molecule has 1 aliphatic heterocycles. The van der Waals surface area contributed by atoms with Gasteiger partial charge in [0, 0.05) is 18.5 Å². The third-order valence-electron chi connectivity index (χ3n) is 2.57. The predicted octanol–water partition coefficient (Wildman–Crippen LogP) is 2.63. The number of likely N-dealkylation sites (tertiary alicyclic amines) is 1. The Bertz CT molecular complexity index is 185. The average molecular weight is 220 g/mol. The Morgan fingerprint density at radius 2 is 2.36 bits per heavy atom. The van der Waals surface area contributed by atoms with Gasteiger partial charge in [-0.1, -0.05) is 0 Å². The topological polar surface area (TPSA) is 29.5 Å². The molecule has 1 rings (SSSR count). The summed E-state index contributed by atoms with van der Waals surface area (Å²) in [7, 11) is 0. The molecule has 0 saturated carbocycles. The van der Waals surface area contributed by atoms with Crippen molar-refractivity contribution in [3.8, 4) is 0 Å². The fourth-order valence-corrected chi connectivity index (χ4v) is 2.13. The fourth-order valence-electron chi connectivity index (χ4n) is 1.87. The van der Waals surface area contributed by atoms with Crippen LogP contribution in [0.25, 0.3) is 0 Å². The smallest absolute Gasteiger partial charge is 0.409 e. The van der Waals surface area contributed by atoms with Gasteiger partial charge in [-0.15, -0.1) is 11.6 Å². The second-order valence-electron chi connectivity index (χ2n) is 3.52. The second-order valence-corrected chi connectivity index (χ2v) is 3.90. The summed E-state index contributed by atoms with van der Waals surface area (Å²) in [6.07, 6.45) is 4.03. The Balaban J connectivity index is 2.48. The molecule has 0 spiro atoms. The number of ether oxygens (including phenoxy) is 1. The Labute approximate surface area is 90.4 Å². The van der Waals surface area contributed by atoms with Crippen LogP contribution in [0.15, 0.2) is 0 Å². The lowest BCUT2D eigenvalue weighted by atomic mass is 10.0. The molecule has 0 aromatic rings. The van der Waals surface area contributed by atoms with Crippen LogP contribution in [0.4, 0.5) is 4.79 Å². The van der Waals surface area contributed by atoms with Crippen molar-refractivity contribution in [2.45, 2.75) is 38.6 Å². The van der Waals surface area contributed by atoms with Crippen molar-refractivity contribution >= 4 is 17.7 Å². The van der Waals surface area contributed by atoms with Gasteiger partial charge in [0.05, 0.1) is 6.61 Å². The number of carbonyl (C=O) groups excluding carboxylic acids is 1. The van der Waals surface area contributed by atoms with E-state index in [9.17, 15) is 4.79 Å². The number of nitrogens with zero attached hydrogens (tertiary/aromatic N) is 1. The van der Waals surface area contributed by atoms with Crippen LogP contribution in [0.2, 0.25) is 0 Å². The van der Waals surface area contributed by atoms with Crippen LogP contribution in [0.1, 0.15) is 32.6 Å². The van der Waals surface area contributed by atoms with E-state index < -0.39 is 0 Å². The number of halogens is 1. The van der Waals surface area contributed by atoms with Crippen LogP contribution in [0, 0.1) is 0 Å². The summed E-state index contributed by atoms with van der Waals surface area (Å²) >= 11 is 5.70. The van der Waals surface area contributed by atoms with Gasteiger partial charge in [0.15, 0.2) is 0 Å². The van der Waals surface area contributed by atoms with E-state index in [1.807, 2.05) is 11.8 Å². The molecule has 1 amide bonds. The zero-order valence-corrected chi connectivity index (χ0v) is 9.42. The lowest BCUT2D eigenvalue weighted by Gasteiger charge is -2.34. The molecular weight excluding hydrogens is 202 g/mol. The number of carbonyl (C=O) groups is 1. The van der Waals surface area contributed by atoms with Crippen LogP contribution in [0.5, 0.6) is 0 Å². The molecule has 1 atom stereocenters. The van der Waals surface area contributed by atoms with E-state index in [0.717, 1.165) is 25.8 Å². The average Bonchev–Trinajstić information content (AvgIpc) is 2.19. The van der Waals surface area contributed by atoms with Gasteiger partial charge in [0.2, 0.25) is 0 Å². The minimum atomic E-state index is -0.178. The van der Waals surface area contributed by atoms with Crippen LogP contribution in [-0.4, -0.2) is 36.1 Å². The largest absolute Gasteiger partial charge is 0.450 e. The molecule has 82 valence electrons. The van der Waals surface area contributed by atoms with Crippen molar-refractivity contribution in [3.05, 3.63) is 0 Å². The summed E-state index contributed by atoms with van der Waals surface area (Å²) in [5.41, 5.74) is 0. The summed E-state index contributed by atoms with van der Waals surface area (Å²) in [4.78, 5) is 13.4. The molecule has 4 heteroatoms. The van der Waals surface area contributed by atoms with E-state index in [-0.39, 0.29) is 6.09 Å². The Morgan fingerprint density at radius 3 is 3.00 bits per heavy atom. The van der Waals surface area contributed by atoms with Crippen molar-refractivity contribution < 1.29 is 9.53 Å². The standard InChI is InChI=1S/C10H18ClNO2/c1-2-14-10(13)12-8-4-3-5-9(12)6-7-11/h9H,2-8H2,1H3/t9-/m0/s1. The Kier molecular flexibility index (Phi) is 5.09. The number of hydrogen-bond acceptors (Lipinski definition) is 2. The molecular formula is C10H18ClNO2. The van der Waals surface area contributed by atoms with Gasteiger partial charge in [-0.25, -0.2) is 4.79 Å².